The van der Waals surface area contributed by atoms with Crippen LogP contribution in [0.5, 0.6) is 0 Å². The number of hydrogen-bond acceptors (Lipinski definition) is 3. The predicted molar refractivity (Wildman–Crippen MR) is 89.0 cm³/mol. The van der Waals surface area contributed by atoms with Crippen LogP contribution in [0.2, 0.25) is 0 Å². The Morgan fingerprint density at radius 1 is 1.25 bits per heavy atom. The standard InChI is InChI=1S/C18H24N4O2/c23-16(21-7-1-2-8-21)15-10-18(15)5-9-22(13-18)17(24)20-12-14-4-3-6-19-11-14/h3-4,6,11,15H,1-2,5,7-10,12-13H2,(H,20,24)/t15-,18+/m1/s1. The van der Waals surface area contributed by atoms with Crippen molar-refractivity contribution in [1.29, 1.82) is 0 Å². The third kappa shape index (κ3) is 2.85. The molecule has 2 atom stereocenters. The lowest BCUT2D eigenvalue weighted by molar-refractivity contribution is -0.132. The number of nitrogens with one attached hydrogen (secondary N) is 1. The van der Waals surface area contributed by atoms with Gasteiger partial charge in [0.05, 0.1) is 0 Å². The Bertz CT molecular complexity index is 629. The average Bonchev–Trinajstić information content (AvgIpc) is 2.98. The first-order chi connectivity index (χ1) is 11.7. The zero-order valence-electron chi connectivity index (χ0n) is 13.9. The van der Waals surface area contributed by atoms with Crippen LogP contribution in [0, 0.1) is 11.3 Å². The zero-order chi connectivity index (χ0) is 16.6. The van der Waals surface area contributed by atoms with Gasteiger partial charge in [-0.2, -0.15) is 0 Å². The molecule has 0 bridgehead atoms. The first kappa shape index (κ1) is 15.4. The number of rotatable bonds is 3. The van der Waals surface area contributed by atoms with Gasteiger partial charge in [-0.25, -0.2) is 4.79 Å². The second-order valence-electron chi connectivity index (χ2n) is 7.34. The third-order valence-corrected chi connectivity index (χ3v) is 5.74. The minimum atomic E-state index is -0.0324. The molecule has 4 rings (SSSR count). The SMILES string of the molecule is O=C(NCc1cccnc1)N1CC[C@]2(C[C@@H]2C(=O)N2CCCC2)C1. The van der Waals surface area contributed by atoms with Crippen LogP contribution in [-0.2, 0) is 11.3 Å². The average molecular weight is 328 g/mol. The van der Waals surface area contributed by atoms with Gasteiger partial charge in [0.15, 0.2) is 0 Å². The van der Waals surface area contributed by atoms with Crippen molar-refractivity contribution in [3.05, 3.63) is 30.1 Å². The van der Waals surface area contributed by atoms with Crippen LogP contribution < -0.4 is 5.32 Å². The summed E-state index contributed by atoms with van der Waals surface area (Å²) in [5, 5.41) is 2.96. The van der Waals surface area contributed by atoms with Crippen molar-refractivity contribution in [2.24, 2.45) is 11.3 Å². The van der Waals surface area contributed by atoms with Crippen LogP contribution >= 0.6 is 0 Å². The van der Waals surface area contributed by atoms with E-state index in [9.17, 15) is 9.59 Å². The lowest BCUT2D eigenvalue weighted by atomic mass is 10.0. The predicted octanol–water partition coefficient (Wildman–Crippen LogP) is 1.63. The molecule has 1 aromatic rings. The molecule has 6 nitrogen and oxygen atoms in total. The largest absolute Gasteiger partial charge is 0.342 e. The van der Waals surface area contributed by atoms with Crippen molar-refractivity contribution in [2.75, 3.05) is 26.2 Å². The van der Waals surface area contributed by atoms with E-state index in [1.807, 2.05) is 21.9 Å². The summed E-state index contributed by atoms with van der Waals surface area (Å²) in [7, 11) is 0. The summed E-state index contributed by atoms with van der Waals surface area (Å²) in [4.78, 5) is 32.9. The molecular weight excluding hydrogens is 304 g/mol. The van der Waals surface area contributed by atoms with Crippen LogP contribution in [0.25, 0.3) is 0 Å². The first-order valence-electron chi connectivity index (χ1n) is 8.88. The molecule has 3 amide bonds. The van der Waals surface area contributed by atoms with Crippen LogP contribution in [0.15, 0.2) is 24.5 Å². The van der Waals surface area contributed by atoms with E-state index in [1.54, 1.807) is 12.4 Å². The van der Waals surface area contributed by atoms with Gasteiger partial charge in [0.25, 0.3) is 0 Å². The number of urea groups is 1. The number of nitrogens with zero attached hydrogens (tertiary/aromatic N) is 3. The Morgan fingerprint density at radius 2 is 2.08 bits per heavy atom. The Morgan fingerprint density at radius 3 is 2.83 bits per heavy atom. The molecule has 1 aromatic heterocycles. The fraction of sp³-hybridized carbons (Fsp3) is 0.611. The second kappa shape index (κ2) is 6.07. The third-order valence-electron chi connectivity index (χ3n) is 5.74. The maximum Gasteiger partial charge on any atom is 0.317 e. The highest BCUT2D eigenvalue weighted by Gasteiger charge is 2.62. The summed E-state index contributed by atoms with van der Waals surface area (Å²) < 4.78 is 0. The summed E-state index contributed by atoms with van der Waals surface area (Å²) in [6.45, 7) is 3.80. The molecule has 24 heavy (non-hydrogen) atoms. The second-order valence-corrected chi connectivity index (χ2v) is 7.34. The molecule has 0 aromatic carbocycles. The van der Waals surface area contributed by atoms with E-state index < -0.39 is 0 Å². The highest BCUT2D eigenvalue weighted by Crippen LogP contribution is 2.59. The summed E-state index contributed by atoms with van der Waals surface area (Å²) in [6.07, 6.45) is 7.66. The van der Waals surface area contributed by atoms with Gasteiger partial charge in [0.2, 0.25) is 5.91 Å². The van der Waals surface area contributed by atoms with E-state index >= 15 is 0 Å². The van der Waals surface area contributed by atoms with Crippen molar-refractivity contribution in [1.82, 2.24) is 20.1 Å². The van der Waals surface area contributed by atoms with E-state index in [2.05, 4.69) is 10.3 Å². The summed E-state index contributed by atoms with van der Waals surface area (Å²) in [5.74, 6) is 0.469. The van der Waals surface area contributed by atoms with Crippen molar-refractivity contribution in [2.45, 2.75) is 32.2 Å². The van der Waals surface area contributed by atoms with Gasteiger partial charge in [0.1, 0.15) is 0 Å². The maximum absolute atomic E-state index is 12.6. The molecule has 3 heterocycles. The Hall–Kier alpha value is -2.11. The molecule has 3 aliphatic rings. The first-order valence-corrected chi connectivity index (χ1v) is 8.88. The minimum Gasteiger partial charge on any atom is -0.342 e. The normalized spacial score (nSPS) is 28.4. The Kier molecular flexibility index (Phi) is 3.90. The topological polar surface area (TPSA) is 65.5 Å². The fourth-order valence-electron chi connectivity index (χ4n) is 4.17. The highest BCUT2D eigenvalue weighted by molar-refractivity contribution is 5.83. The van der Waals surface area contributed by atoms with Gasteiger partial charge < -0.3 is 15.1 Å². The maximum atomic E-state index is 12.6. The zero-order valence-corrected chi connectivity index (χ0v) is 13.9. The number of pyridine rings is 1. The van der Waals surface area contributed by atoms with Crippen molar-refractivity contribution in [3.8, 4) is 0 Å². The molecule has 3 fully saturated rings. The fourth-order valence-corrected chi connectivity index (χ4v) is 4.17. The van der Waals surface area contributed by atoms with Crippen molar-refractivity contribution >= 4 is 11.9 Å². The number of carbonyl (C=O) groups is 2. The van der Waals surface area contributed by atoms with Gasteiger partial charge in [-0.3, -0.25) is 9.78 Å². The summed E-state index contributed by atoms with van der Waals surface area (Å²) in [6, 6.07) is 3.78. The van der Waals surface area contributed by atoms with Crippen LogP contribution in [-0.4, -0.2) is 52.9 Å². The summed E-state index contributed by atoms with van der Waals surface area (Å²) in [5.41, 5.74) is 1.05. The Balaban J connectivity index is 1.29. The molecule has 1 spiro atoms. The molecule has 128 valence electrons. The van der Waals surface area contributed by atoms with Gasteiger partial charge in [-0.05, 0) is 37.3 Å². The number of likely N-dealkylation sites (tertiary alicyclic amines) is 2. The van der Waals surface area contributed by atoms with Gasteiger partial charge in [0, 0.05) is 56.5 Å². The molecule has 1 aliphatic carbocycles. The van der Waals surface area contributed by atoms with Gasteiger partial charge in [-0.15, -0.1) is 0 Å². The van der Waals surface area contributed by atoms with Crippen molar-refractivity contribution < 1.29 is 9.59 Å². The summed E-state index contributed by atoms with van der Waals surface area (Å²) >= 11 is 0. The lowest BCUT2D eigenvalue weighted by Crippen LogP contribution is -2.38. The van der Waals surface area contributed by atoms with E-state index in [0.29, 0.717) is 12.5 Å². The van der Waals surface area contributed by atoms with E-state index in [4.69, 9.17) is 0 Å². The lowest BCUT2D eigenvalue weighted by Gasteiger charge is -2.19. The van der Waals surface area contributed by atoms with Gasteiger partial charge in [-0.1, -0.05) is 6.07 Å². The number of carbonyl (C=O) groups excluding carboxylic acids is 2. The Labute approximate surface area is 142 Å². The van der Waals surface area contributed by atoms with Crippen LogP contribution in [0.3, 0.4) is 0 Å². The van der Waals surface area contributed by atoms with E-state index in [1.165, 1.54) is 0 Å². The number of hydrogen-bond donors (Lipinski definition) is 1. The van der Waals surface area contributed by atoms with Crippen LogP contribution in [0.4, 0.5) is 4.79 Å². The minimum absolute atomic E-state index is 0.0324. The number of aromatic nitrogens is 1. The molecule has 0 radical (unpaired) electrons. The van der Waals surface area contributed by atoms with Crippen LogP contribution in [0.1, 0.15) is 31.2 Å². The molecule has 0 unspecified atom stereocenters. The molecule has 1 saturated carbocycles. The molecule has 6 heteroatoms. The van der Waals surface area contributed by atoms with Crippen molar-refractivity contribution in [3.63, 3.8) is 0 Å². The smallest absolute Gasteiger partial charge is 0.317 e. The quantitative estimate of drug-likeness (QED) is 0.917. The molecule has 2 saturated heterocycles. The number of amides is 3. The highest BCUT2D eigenvalue weighted by atomic mass is 16.2. The molecule has 1 N–H and O–H groups in total. The van der Waals surface area contributed by atoms with E-state index in [-0.39, 0.29) is 17.4 Å². The monoisotopic (exact) mass is 328 g/mol. The molecule has 2 aliphatic heterocycles. The van der Waals surface area contributed by atoms with E-state index in [0.717, 1.165) is 57.4 Å². The van der Waals surface area contributed by atoms with Gasteiger partial charge >= 0.3 is 6.03 Å². The molecular formula is C18H24N4O2.